The molecule has 4 aromatic carbocycles. The Morgan fingerprint density at radius 2 is 1.60 bits per heavy atom. The minimum absolute atomic E-state index is 0.0396. The Morgan fingerprint density at radius 1 is 0.830 bits per heavy atom. The van der Waals surface area contributed by atoms with Gasteiger partial charge >= 0.3 is 0 Å². The normalized spacial score (nSPS) is 21.5. The largest absolute Gasteiger partial charge is 0.354 e. The van der Waals surface area contributed by atoms with Crippen molar-refractivity contribution in [3.63, 3.8) is 0 Å². The van der Waals surface area contributed by atoms with Crippen molar-refractivity contribution in [3.05, 3.63) is 147 Å². The first-order chi connectivity index (χ1) is 26.0. The number of rotatable bonds is 5. The van der Waals surface area contributed by atoms with E-state index < -0.39 is 0 Å². The molecule has 2 N–H and O–H groups in total. The molecule has 10 rings (SSSR count). The van der Waals surface area contributed by atoms with Crippen LogP contribution in [0.25, 0.3) is 58.1 Å². The summed E-state index contributed by atoms with van der Waals surface area (Å²) in [4.78, 5) is 8.10. The number of hydrogen-bond donors (Lipinski definition) is 2. The van der Waals surface area contributed by atoms with Crippen molar-refractivity contribution in [1.29, 1.82) is 0 Å². The number of allylic oxidation sites excluding steroid dienone is 4. The molecular weight excluding hydrogens is 703 g/mol. The molecule has 258 valence electrons. The van der Waals surface area contributed by atoms with E-state index in [1.54, 1.807) is 0 Å². The smallest absolute Gasteiger partial charge is 0.129 e. The number of hydrogen-bond acceptors (Lipinski definition) is 6. The van der Waals surface area contributed by atoms with E-state index in [4.69, 9.17) is 11.4 Å². The Kier molecular flexibility index (Phi) is 8.07. The van der Waals surface area contributed by atoms with Crippen molar-refractivity contribution < 1.29 is 0 Å². The molecule has 0 amide bonds. The molecule has 4 unspecified atom stereocenters. The number of terminal acetylenes is 1. The third-order valence-corrected chi connectivity index (χ3v) is 14.8. The van der Waals surface area contributed by atoms with Crippen LogP contribution in [0.2, 0.25) is 0 Å². The third-order valence-electron chi connectivity index (χ3n) is 11.1. The van der Waals surface area contributed by atoms with Crippen LogP contribution in [0, 0.1) is 31.1 Å². The second-order valence-electron chi connectivity index (χ2n) is 14.3. The van der Waals surface area contributed by atoms with Gasteiger partial charge in [-0.2, -0.15) is 0 Å². The van der Waals surface area contributed by atoms with Crippen molar-refractivity contribution >= 4 is 97.9 Å². The summed E-state index contributed by atoms with van der Waals surface area (Å²) in [5.41, 5.74) is 7.11. The first kappa shape index (κ1) is 32.6. The Morgan fingerprint density at radius 3 is 2.45 bits per heavy atom. The van der Waals surface area contributed by atoms with Gasteiger partial charge in [-0.15, -0.1) is 40.4 Å². The summed E-state index contributed by atoms with van der Waals surface area (Å²) >= 11 is 5.56. The van der Waals surface area contributed by atoms with Gasteiger partial charge in [-0.25, -0.2) is 4.99 Å². The Hall–Kier alpha value is -5.03. The van der Waals surface area contributed by atoms with Gasteiger partial charge in [0.1, 0.15) is 12.0 Å². The number of aryl methyl sites for hydroxylation is 2. The summed E-state index contributed by atoms with van der Waals surface area (Å²) in [6, 6.07) is 30.8. The zero-order valence-electron chi connectivity index (χ0n) is 29.5. The molecule has 4 heterocycles. The average Bonchev–Trinajstić information content (AvgIpc) is 3.87. The molecule has 0 saturated carbocycles. The highest BCUT2D eigenvalue weighted by molar-refractivity contribution is 7.26. The fraction of sp³-hybridized carbons (Fsp3) is 0.170. The molecule has 0 radical (unpaired) electrons. The van der Waals surface area contributed by atoms with Crippen LogP contribution in [-0.2, 0) is 6.42 Å². The molecule has 0 fully saturated rings. The maximum atomic E-state index is 6.26. The summed E-state index contributed by atoms with van der Waals surface area (Å²) in [7, 11) is 0. The molecule has 4 atom stereocenters. The van der Waals surface area contributed by atoms with E-state index in [-0.39, 0.29) is 12.3 Å². The number of amidine groups is 1. The highest BCUT2D eigenvalue weighted by Crippen LogP contribution is 2.42. The van der Waals surface area contributed by atoms with E-state index in [0.29, 0.717) is 11.8 Å². The Bertz CT molecular complexity index is 2810. The summed E-state index contributed by atoms with van der Waals surface area (Å²) in [5, 5.41) is 12.9. The standard InChI is InChI=1S/C47H37N3S3/c1-4-29(33-16-11-17-36-34-14-7-10-19-40(34)53-44(33)36)26-43-28(3)37-24-30(20-22-41(37)52-43)45-48-46(50-47(49-45)32-13-6-5-12-27(32)2)31-21-23-42-38(25-31)35-15-8-9-18-39(35)51-42/h1,5-20,22,24-27,32,45,47,49H,21,23H2,2-3H3,(H,48,50)/b29-26+. The second kappa shape index (κ2) is 13.1. The topological polar surface area (TPSA) is 36.4 Å². The molecule has 3 aliphatic rings. The lowest BCUT2D eigenvalue weighted by Crippen LogP contribution is -2.56. The van der Waals surface area contributed by atoms with Crippen molar-refractivity contribution in [3.8, 4) is 12.3 Å². The van der Waals surface area contributed by atoms with Crippen LogP contribution in [0.3, 0.4) is 0 Å². The number of benzene rings is 4. The molecular formula is C47H37N3S3. The van der Waals surface area contributed by atoms with E-state index >= 15 is 0 Å². The van der Waals surface area contributed by atoms with Gasteiger partial charge < -0.3 is 5.32 Å². The fourth-order valence-corrected chi connectivity index (χ4v) is 11.8. The lowest BCUT2D eigenvalue weighted by atomic mass is 9.86. The van der Waals surface area contributed by atoms with E-state index in [9.17, 15) is 0 Å². The van der Waals surface area contributed by atoms with Crippen LogP contribution in [-0.4, -0.2) is 12.0 Å². The van der Waals surface area contributed by atoms with E-state index in [2.05, 4.69) is 152 Å². The number of nitrogens with one attached hydrogen (secondary N) is 2. The first-order valence-electron chi connectivity index (χ1n) is 18.3. The van der Waals surface area contributed by atoms with Gasteiger partial charge in [0, 0.05) is 56.4 Å². The molecule has 2 aliphatic carbocycles. The van der Waals surface area contributed by atoms with Crippen LogP contribution >= 0.6 is 34.0 Å². The van der Waals surface area contributed by atoms with Crippen molar-refractivity contribution in [2.75, 3.05) is 0 Å². The summed E-state index contributed by atoms with van der Waals surface area (Å²) < 4.78 is 5.14. The van der Waals surface area contributed by atoms with E-state index in [1.165, 1.54) is 72.4 Å². The molecule has 0 spiro atoms. The highest BCUT2D eigenvalue weighted by Gasteiger charge is 2.33. The van der Waals surface area contributed by atoms with Gasteiger partial charge in [-0.3, -0.25) is 5.32 Å². The van der Waals surface area contributed by atoms with Gasteiger partial charge in [-0.1, -0.05) is 97.8 Å². The molecule has 3 aromatic heterocycles. The molecule has 7 aromatic rings. The quantitative estimate of drug-likeness (QED) is 0.173. The lowest BCUT2D eigenvalue weighted by Gasteiger charge is -2.38. The summed E-state index contributed by atoms with van der Waals surface area (Å²) in [6.45, 7) is 4.53. The zero-order chi connectivity index (χ0) is 35.6. The number of aliphatic imine (C=N–C) groups is 1. The summed E-state index contributed by atoms with van der Waals surface area (Å²) in [6.07, 6.45) is 21.7. The molecule has 0 saturated heterocycles. The zero-order valence-corrected chi connectivity index (χ0v) is 32.0. The monoisotopic (exact) mass is 739 g/mol. The van der Waals surface area contributed by atoms with Crippen LogP contribution < -0.4 is 10.6 Å². The predicted octanol–water partition coefficient (Wildman–Crippen LogP) is 12.3. The van der Waals surface area contributed by atoms with E-state index in [1.807, 2.05) is 34.0 Å². The SMILES string of the molecule is C#C/C(=C\c1sc2ccc(C3N=C(C4=Cc5c(sc6ccccc56)CC4)NC(C4C=CC=CC4C)N3)cc2c1C)c1cccc2c1sc1ccccc12. The van der Waals surface area contributed by atoms with Gasteiger partial charge in [0.2, 0.25) is 0 Å². The van der Waals surface area contributed by atoms with Crippen molar-refractivity contribution in [2.24, 2.45) is 16.8 Å². The maximum Gasteiger partial charge on any atom is 0.129 e. The number of fused-ring (bicyclic) bond motifs is 7. The van der Waals surface area contributed by atoms with Crippen LogP contribution in [0.1, 0.15) is 51.5 Å². The lowest BCUT2D eigenvalue weighted by molar-refractivity contribution is 0.290. The van der Waals surface area contributed by atoms with Gasteiger partial charge in [-0.05, 0) is 95.1 Å². The number of thiophene rings is 3. The summed E-state index contributed by atoms with van der Waals surface area (Å²) in [5.74, 6) is 4.76. The highest BCUT2D eigenvalue weighted by atomic mass is 32.1. The molecule has 0 bridgehead atoms. The predicted molar refractivity (Wildman–Crippen MR) is 232 cm³/mol. The van der Waals surface area contributed by atoms with Gasteiger partial charge in [0.15, 0.2) is 0 Å². The second-order valence-corrected chi connectivity index (χ2v) is 17.6. The molecule has 3 nitrogen and oxygen atoms in total. The number of nitrogens with zero attached hydrogens (tertiary/aromatic N) is 1. The van der Waals surface area contributed by atoms with Gasteiger partial charge in [0.05, 0.1) is 6.17 Å². The fourth-order valence-electron chi connectivity index (χ4n) is 8.26. The third kappa shape index (κ3) is 5.62. The minimum Gasteiger partial charge on any atom is -0.354 e. The maximum absolute atomic E-state index is 6.26. The van der Waals surface area contributed by atoms with E-state index in [0.717, 1.165) is 29.8 Å². The van der Waals surface area contributed by atoms with Crippen LogP contribution in [0.15, 0.2) is 120 Å². The molecule has 53 heavy (non-hydrogen) atoms. The van der Waals surface area contributed by atoms with Gasteiger partial charge in [0.25, 0.3) is 0 Å². The van der Waals surface area contributed by atoms with Crippen molar-refractivity contribution in [1.82, 2.24) is 10.6 Å². The van der Waals surface area contributed by atoms with Crippen molar-refractivity contribution in [2.45, 2.75) is 39.0 Å². The first-order valence-corrected chi connectivity index (χ1v) is 20.8. The molecule has 1 aliphatic heterocycles. The molecule has 6 heteroatoms. The van der Waals surface area contributed by atoms with Crippen LogP contribution in [0.4, 0.5) is 0 Å². The average molecular weight is 740 g/mol. The Labute approximate surface area is 321 Å². The Balaban J connectivity index is 1.03. The van der Waals surface area contributed by atoms with Crippen LogP contribution in [0.5, 0.6) is 0 Å². The minimum atomic E-state index is -0.182.